The Kier molecular flexibility index (Phi) is 10.3. The number of para-hydroxylation sites is 2. The summed E-state index contributed by atoms with van der Waals surface area (Å²) in [5.74, 6) is 0.772. The number of aromatic nitrogens is 2. The van der Waals surface area contributed by atoms with Gasteiger partial charge in [-0.05, 0) is 24.5 Å². The highest BCUT2D eigenvalue weighted by Crippen LogP contribution is 2.23. The summed E-state index contributed by atoms with van der Waals surface area (Å²) in [6.45, 7) is 4.58. The van der Waals surface area contributed by atoms with Crippen molar-refractivity contribution in [3.8, 4) is 0 Å². The summed E-state index contributed by atoms with van der Waals surface area (Å²) in [6, 6.07) is 8.21. The third kappa shape index (κ3) is 7.85. The minimum absolute atomic E-state index is 0.772. The second-order valence-electron chi connectivity index (χ2n) is 7.83. The fraction of sp³-hybridized carbons (Fsp3) is 0.667. The lowest BCUT2D eigenvalue weighted by molar-refractivity contribution is 0.399. The highest BCUT2D eigenvalue weighted by molar-refractivity contribution is 5.73. The molecule has 1 atom stereocenters. The molecule has 2 heteroatoms. The average Bonchev–Trinajstić information content (AvgIpc) is 2.67. The number of hydrogen-bond acceptors (Lipinski definition) is 2. The normalized spacial score (nSPS) is 12.5. The van der Waals surface area contributed by atoms with Crippen molar-refractivity contribution < 1.29 is 0 Å². The van der Waals surface area contributed by atoms with E-state index in [9.17, 15) is 0 Å². The molecule has 1 aromatic heterocycles. The molecule has 0 bridgehead atoms. The Labute approximate surface area is 160 Å². The van der Waals surface area contributed by atoms with Crippen molar-refractivity contribution in [1.82, 2.24) is 9.97 Å². The fourth-order valence-corrected chi connectivity index (χ4v) is 3.81. The van der Waals surface area contributed by atoms with Crippen molar-refractivity contribution in [2.75, 3.05) is 0 Å². The van der Waals surface area contributed by atoms with E-state index in [2.05, 4.69) is 31.0 Å². The van der Waals surface area contributed by atoms with E-state index in [-0.39, 0.29) is 0 Å². The Morgan fingerprint density at radius 1 is 0.731 bits per heavy atom. The number of fused-ring (bicyclic) bond motifs is 1. The van der Waals surface area contributed by atoms with E-state index in [1.807, 2.05) is 18.3 Å². The molecule has 0 amide bonds. The fourth-order valence-electron chi connectivity index (χ4n) is 3.81. The minimum atomic E-state index is 0.772. The monoisotopic (exact) mass is 354 g/mol. The van der Waals surface area contributed by atoms with Gasteiger partial charge in [-0.1, -0.05) is 103 Å². The van der Waals surface area contributed by atoms with Gasteiger partial charge in [-0.2, -0.15) is 0 Å². The largest absolute Gasteiger partial charge is 0.253 e. The van der Waals surface area contributed by atoms with Crippen molar-refractivity contribution >= 4 is 11.0 Å². The van der Waals surface area contributed by atoms with Gasteiger partial charge >= 0.3 is 0 Å². The Balaban J connectivity index is 1.86. The van der Waals surface area contributed by atoms with E-state index in [1.165, 1.54) is 82.7 Å². The standard InChI is InChI=1S/C24H38N2/c1-3-5-7-9-10-12-16-21(15-11-8-6-4-2)19-22-20-25-23-17-13-14-18-24(23)26-22/h13-14,17-18,20-21H,3-12,15-16,19H2,1-2H3. The predicted molar refractivity (Wildman–Crippen MR) is 113 cm³/mol. The summed E-state index contributed by atoms with van der Waals surface area (Å²) in [5, 5.41) is 0. The van der Waals surface area contributed by atoms with E-state index in [0.717, 1.165) is 23.4 Å². The summed E-state index contributed by atoms with van der Waals surface area (Å²) >= 11 is 0. The minimum Gasteiger partial charge on any atom is -0.253 e. The smallest absolute Gasteiger partial charge is 0.0890 e. The van der Waals surface area contributed by atoms with Gasteiger partial charge in [0.1, 0.15) is 0 Å². The molecule has 2 aromatic rings. The Morgan fingerprint density at radius 3 is 2.00 bits per heavy atom. The molecule has 0 radical (unpaired) electrons. The number of rotatable bonds is 14. The first-order chi connectivity index (χ1) is 12.8. The van der Waals surface area contributed by atoms with Crippen LogP contribution in [-0.2, 0) is 6.42 Å². The molecule has 2 rings (SSSR count). The molecule has 2 nitrogen and oxygen atoms in total. The number of benzene rings is 1. The molecule has 0 N–H and O–H groups in total. The second kappa shape index (κ2) is 12.8. The van der Waals surface area contributed by atoms with Gasteiger partial charge in [-0.15, -0.1) is 0 Å². The maximum Gasteiger partial charge on any atom is 0.0890 e. The second-order valence-corrected chi connectivity index (χ2v) is 7.83. The molecule has 0 spiro atoms. The van der Waals surface area contributed by atoms with E-state index in [0.29, 0.717) is 0 Å². The van der Waals surface area contributed by atoms with Crippen LogP contribution >= 0.6 is 0 Å². The van der Waals surface area contributed by atoms with Crippen LogP contribution in [0.15, 0.2) is 30.5 Å². The molecule has 0 fully saturated rings. The molecule has 0 saturated carbocycles. The molecule has 0 aliphatic rings. The molecule has 0 saturated heterocycles. The van der Waals surface area contributed by atoms with Crippen LogP contribution in [0, 0.1) is 5.92 Å². The van der Waals surface area contributed by atoms with Crippen LogP contribution in [0.1, 0.15) is 96.6 Å². The quantitative estimate of drug-likeness (QED) is 0.328. The molecule has 26 heavy (non-hydrogen) atoms. The Bertz CT molecular complexity index is 608. The zero-order valence-corrected chi connectivity index (χ0v) is 17.1. The van der Waals surface area contributed by atoms with E-state index in [1.54, 1.807) is 0 Å². The van der Waals surface area contributed by atoms with Gasteiger partial charge in [0.15, 0.2) is 0 Å². The third-order valence-corrected chi connectivity index (χ3v) is 5.43. The van der Waals surface area contributed by atoms with Crippen LogP contribution in [0.2, 0.25) is 0 Å². The summed E-state index contributed by atoms with van der Waals surface area (Å²) in [7, 11) is 0. The van der Waals surface area contributed by atoms with Crippen LogP contribution in [0.4, 0.5) is 0 Å². The Hall–Kier alpha value is -1.44. The first kappa shape index (κ1) is 20.9. The first-order valence-electron chi connectivity index (χ1n) is 11.0. The van der Waals surface area contributed by atoms with Gasteiger partial charge in [0.2, 0.25) is 0 Å². The van der Waals surface area contributed by atoms with Crippen molar-refractivity contribution in [3.05, 3.63) is 36.2 Å². The zero-order chi connectivity index (χ0) is 18.5. The lowest BCUT2D eigenvalue weighted by Gasteiger charge is -2.17. The summed E-state index contributed by atoms with van der Waals surface area (Å²) in [5.41, 5.74) is 3.22. The molecule has 0 aliphatic heterocycles. The van der Waals surface area contributed by atoms with E-state index < -0.39 is 0 Å². The van der Waals surface area contributed by atoms with Crippen molar-refractivity contribution in [2.45, 2.75) is 97.3 Å². The number of hydrogen-bond donors (Lipinski definition) is 0. The highest BCUT2D eigenvalue weighted by Gasteiger charge is 2.11. The SMILES string of the molecule is CCCCCCCCC(CCCCCC)Cc1cnc2ccccc2n1. The predicted octanol–water partition coefficient (Wildman–Crippen LogP) is 7.51. The molecule has 144 valence electrons. The van der Waals surface area contributed by atoms with Crippen LogP contribution in [0.3, 0.4) is 0 Å². The van der Waals surface area contributed by atoms with Crippen molar-refractivity contribution in [2.24, 2.45) is 5.92 Å². The van der Waals surface area contributed by atoms with Gasteiger partial charge in [-0.25, -0.2) is 4.98 Å². The van der Waals surface area contributed by atoms with Gasteiger partial charge in [0.05, 0.1) is 16.7 Å². The topological polar surface area (TPSA) is 25.8 Å². The lowest BCUT2D eigenvalue weighted by Crippen LogP contribution is -2.07. The number of unbranched alkanes of at least 4 members (excludes halogenated alkanes) is 8. The van der Waals surface area contributed by atoms with Crippen molar-refractivity contribution in [3.63, 3.8) is 0 Å². The lowest BCUT2D eigenvalue weighted by atomic mass is 9.90. The van der Waals surface area contributed by atoms with Gasteiger partial charge in [-0.3, -0.25) is 4.98 Å². The van der Waals surface area contributed by atoms with Gasteiger partial charge < -0.3 is 0 Å². The third-order valence-electron chi connectivity index (χ3n) is 5.43. The Morgan fingerprint density at radius 2 is 1.31 bits per heavy atom. The van der Waals surface area contributed by atoms with Crippen molar-refractivity contribution in [1.29, 1.82) is 0 Å². The first-order valence-corrected chi connectivity index (χ1v) is 11.0. The maximum atomic E-state index is 4.87. The summed E-state index contributed by atoms with van der Waals surface area (Å²) in [6.07, 6.45) is 19.6. The van der Waals surface area contributed by atoms with E-state index >= 15 is 0 Å². The summed E-state index contributed by atoms with van der Waals surface area (Å²) < 4.78 is 0. The molecule has 1 aromatic carbocycles. The zero-order valence-electron chi connectivity index (χ0n) is 17.1. The molecular formula is C24H38N2. The highest BCUT2D eigenvalue weighted by atomic mass is 14.8. The van der Waals surface area contributed by atoms with Gasteiger partial charge in [0, 0.05) is 6.20 Å². The maximum absolute atomic E-state index is 4.87. The van der Waals surface area contributed by atoms with Crippen LogP contribution in [0.25, 0.3) is 11.0 Å². The molecular weight excluding hydrogens is 316 g/mol. The average molecular weight is 355 g/mol. The van der Waals surface area contributed by atoms with E-state index in [4.69, 9.17) is 4.98 Å². The van der Waals surface area contributed by atoms with Gasteiger partial charge in [0.25, 0.3) is 0 Å². The molecule has 1 unspecified atom stereocenters. The van der Waals surface area contributed by atoms with Crippen LogP contribution in [0.5, 0.6) is 0 Å². The van der Waals surface area contributed by atoms with Crippen LogP contribution in [-0.4, -0.2) is 9.97 Å². The van der Waals surface area contributed by atoms with Crippen LogP contribution < -0.4 is 0 Å². The molecule has 1 heterocycles. The summed E-state index contributed by atoms with van der Waals surface area (Å²) in [4.78, 5) is 9.48. The number of nitrogens with zero attached hydrogens (tertiary/aromatic N) is 2. The molecule has 0 aliphatic carbocycles.